The summed E-state index contributed by atoms with van der Waals surface area (Å²) in [5, 5.41) is 0.132. The summed E-state index contributed by atoms with van der Waals surface area (Å²) < 4.78 is 67.6. The minimum atomic E-state index is -4.61. The zero-order valence-corrected chi connectivity index (χ0v) is 20.5. The lowest BCUT2D eigenvalue weighted by Gasteiger charge is -2.18. The van der Waals surface area contributed by atoms with Crippen LogP contribution in [0, 0.1) is 12.7 Å². The molecule has 10 heteroatoms. The Morgan fingerprint density at radius 2 is 1.81 bits per heavy atom. The summed E-state index contributed by atoms with van der Waals surface area (Å²) in [6, 6.07) is 15.2. The predicted octanol–water partition coefficient (Wildman–Crippen LogP) is 7.41. The van der Waals surface area contributed by atoms with Crippen LogP contribution in [0.3, 0.4) is 0 Å². The van der Waals surface area contributed by atoms with Gasteiger partial charge in [-0.05, 0) is 68.4 Å². The van der Waals surface area contributed by atoms with Gasteiger partial charge >= 0.3 is 12.1 Å². The molecule has 0 aliphatic rings. The van der Waals surface area contributed by atoms with Gasteiger partial charge in [-0.25, -0.2) is 14.2 Å². The van der Waals surface area contributed by atoms with Crippen LogP contribution in [0.4, 0.5) is 17.6 Å². The standard InChI is InChI=1S/C27H21ClF4N2O3/c1-3-36-26(35)22-8-5-9-25(33-22)34-16(2)10-12-23(34)18-14-17(27(30,31)32)11-13-24(18)37-15-19-20(28)6-4-7-21(19)29/h4-14H,3,15H2,1-2H3. The first-order valence-corrected chi connectivity index (χ1v) is 11.6. The van der Waals surface area contributed by atoms with Crippen molar-refractivity contribution in [2.45, 2.75) is 26.6 Å². The fourth-order valence-corrected chi connectivity index (χ4v) is 3.99. The molecule has 0 amide bonds. The van der Waals surface area contributed by atoms with Crippen molar-refractivity contribution in [3.8, 4) is 22.8 Å². The fourth-order valence-electron chi connectivity index (χ4n) is 3.77. The van der Waals surface area contributed by atoms with Gasteiger partial charge in [0.25, 0.3) is 0 Å². The number of hydrogen-bond donors (Lipinski definition) is 0. The zero-order valence-electron chi connectivity index (χ0n) is 19.8. The molecule has 0 aliphatic carbocycles. The molecule has 0 radical (unpaired) electrons. The van der Waals surface area contributed by atoms with E-state index in [0.717, 1.165) is 12.1 Å². The van der Waals surface area contributed by atoms with Crippen LogP contribution < -0.4 is 4.74 Å². The number of aromatic nitrogens is 2. The van der Waals surface area contributed by atoms with Crippen molar-refractivity contribution < 1.29 is 31.8 Å². The van der Waals surface area contributed by atoms with Gasteiger partial charge in [0.2, 0.25) is 0 Å². The van der Waals surface area contributed by atoms with E-state index in [1.165, 1.54) is 30.3 Å². The number of carbonyl (C=O) groups is 1. The molecular weight excluding hydrogens is 512 g/mol. The number of aryl methyl sites for hydroxylation is 1. The number of halogens is 5. The maximum Gasteiger partial charge on any atom is 0.416 e. The lowest BCUT2D eigenvalue weighted by atomic mass is 10.1. The summed E-state index contributed by atoms with van der Waals surface area (Å²) in [5.41, 5.74) is 0.297. The second kappa shape index (κ2) is 10.6. The van der Waals surface area contributed by atoms with E-state index in [4.69, 9.17) is 21.1 Å². The SMILES string of the molecule is CCOC(=O)c1cccc(-n2c(C)ccc2-c2cc(C(F)(F)F)ccc2OCc2c(F)cccc2Cl)n1. The quantitative estimate of drug-likeness (QED) is 0.184. The van der Waals surface area contributed by atoms with Crippen LogP contribution in [-0.4, -0.2) is 22.1 Å². The molecule has 2 aromatic heterocycles. The molecule has 4 aromatic rings. The first-order chi connectivity index (χ1) is 17.6. The van der Waals surface area contributed by atoms with Crippen LogP contribution in [0.1, 0.15) is 34.2 Å². The van der Waals surface area contributed by atoms with Crippen LogP contribution in [0.2, 0.25) is 5.02 Å². The Morgan fingerprint density at radius 3 is 2.51 bits per heavy atom. The van der Waals surface area contributed by atoms with Crippen molar-refractivity contribution >= 4 is 17.6 Å². The number of carbonyl (C=O) groups excluding carboxylic acids is 1. The van der Waals surface area contributed by atoms with E-state index < -0.39 is 23.5 Å². The van der Waals surface area contributed by atoms with Crippen molar-refractivity contribution in [1.29, 1.82) is 0 Å². The molecular formula is C27H21ClF4N2O3. The summed E-state index contributed by atoms with van der Waals surface area (Å²) in [6.45, 7) is 3.27. The molecule has 0 fully saturated rings. The second-order valence-electron chi connectivity index (χ2n) is 7.99. The largest absolute Gasteiger partial charge is 0.488 e. The number of nitrogens with zero attached hydrogens (tertiary/aromatic N) is 2. The minimum Gasteiger partial charge on any atom is -0.488 e. The fraction of sp³-hybridized carbons (Fsp3) is 0.185. The molecule has 0 spiro atoms. The van der Waals surface area contributed by atoms with Crippen molar-refractivity contribution in [3.05, 3.63) is 100 Å². The highest BCUT2D eigenvalue weighted by Crippen LogP contribution is 2.39. The number of rotatable bonds is 7. The smallest absolute Gasteiger partial charge is 0.416 e. The van der Waals surface area contributed by atoms with E-state index in [1.807, 2.05) is 0 Å². The molecule has 0 bridgehead atoms. The molecule has 4 rings (SSSR count). The molecule has 0 unspecified atom stereocenters. The average molecular weight is 533 g/mol. The molecule has 37 heavy (non-hydrogen) atoms. The summed E-state index contributed by atoms with van der Waals surface area (Å²) >= 11 is 6.09. The Kier molecular flexibility index (Phi) is 7.54. The molecule has 0 atom stereocenters. The minimum absolute atomic E-state index is 0.0492. The first-order valence-electron chi connectivity index (χ1n) is 11.2. The van der Waals surface area contributed by atoms with Gasteiger partial charge in [-0.3, -0.25) is 4.57 Å². The number of ether oxygens (including phenoxy) is 2. The van der Waals surface area contributed by atoms with Crippen LogP contribution in [0.5, 0.6) is 5.75 Å². The zero-order chi connectivity index (χ0) is 26.7. The van der Waals surface area contributed by atoms with Crippen LogP contribution in [0.25, 0.3) is 17.1 Å². The molecule has 0 saturated heterocycles. The van der Waals surface area contributed by atoms with Gasteiger partial charge < -0.3 is 9.47 Å². The molecule has 2 aromatic carbocycles. The Hall–Kier alpha value is -3.85. The van der Waals surface area contributed by atoms with Crippen LogP contribution >= 0.6 is 11.6 Å². The normalized spacial score (nSPS) is 11.4. The number of pyridine rings is 1. The molecule has 5 nitrogen and oxygen atoms in total. The number of alkyl halides is 3. The highest BCUT2D eigenvalue weighted by Gasteiger charge is 2.32. The maximum absolute atomic E-state index is 14.3. The monoisotopic (exact) mass is 532 g/mol. The van der Waals surface area contributed by atoms with E-state index in [9.17, 15) is 22.4 Å². The number of esters is 1. The van der Waals surface area contributed by atoms with Crippen molar-refractivity contribution in [3.63, 3.8) is 0 Å². The third-order valence-electron chi connectivity index (χ3n) is 5.54. The van der Waals surface area contributed by atoms with Crippen molar-refractivity contribution in [1.82, 2.24) is 9.55 Å². The van der Waals surface area contributed by atoms with E-state index in [2.05, 4.69) is 4.98 Å². The molecule has 2 heterocycles. The van der Waals surface area contributed by atoms with Gasteiger partial charge in [0.05, 0.1) is 22.9 Å². The highest BCUT2D eigenvalue weighted by atomic mass is 35.5. The van der Waals surface area contributed by atoms with E-state index in [1.54, 1.807) is 42.7 Å². The Morgan fingerprint density at radius 1 is 1.05 bits per heavy atom. The third-order valence-corrected chi connectivity index (χ3v) is 5.89. The summed E-state index contributed by atoms with van der Waals surface area (Å²) in [4.78, 5) is 16.6. The van der Waals surface area contributed by atoms with E-state index in [0.29, 0.717) is 17.2 Å². The van der Waals surface area contributed by atoms with Gasteiger partial charge in [0.15, 0.2) is 5.69 Å². The van der Waals surface area contributed by atoms with Gasteiger partial charge in [-0.1, -0.05) is 23.7 Å². The Bertz CT molecular complexity index is 1430. The average Bonchev–Trinajstić information content (AvgIpc) is 3.24. The molecule has 192 valence electrons. The number of hydrogen-bond acceptors (Lipinski definition) is 4. The summed E-state index contributed by atoms with van der Waals surface area (Å²) in [7, 11) is 0. The van der Waals surface area contributed by atoms with Gasteiger partial charge in [-0.15, -0.1) is 0 Å². The Balaban J connectivity index is 1.82. The van der Waals surface area contributed by atoms with Crippen molar-refractivity contribution in [2.75, 3.05) is 6.61 Å². The predicted molar refractivity (Wildman–Crippen MR) is 130 cm³/mol. The molecule has 0 aliphatic heterocycles. The second-order valence-corrected chi connectivity index (χ2v) is 8.40. The molecule has 0 saturated carbocycles. The topological polar surface area (TPSA) is 53.4 Å². The molecule has 0 N–H and O–H groups in total. The van der Waals surface area contributed by atoms with Crippen LogP contribution in [0.15, 0.2) is 66.7 Å². The Labute approximate surface area is 215 Å². The lowest BCUT2D eigenvalue weighted by molar-refractivity contribution is -0.137. The van der Waals surface area contributed by atoms with Gasteiger partial charge in [0, 0.05) is 16.8 Å². The lowest BCUT2D eigenvalue weighted by Crippen LogP contribution is -2.11. The van der Waals surface area contributed by atoms with Gasteiger partial charge in [-0.2, -0.15) is 13.2 Å². The summed E-state index contributed by atoms with van der Waals surface area (Å²) in [5.74, 6) is -0.850. The van der Waals surface area contributed by atoms with Gasteiger partial charge in [0.1, 0.15) is 24.0 Å². The van der Waals surface area contributed by atoms with Crippen LogP contribution in [-0.2, 0) is 17.5 Å². The first kappa shape index (κ1) is 26.2. The van der Waals surface area contributed by atoms with E-state index >= 15 is 0 Å². The highest BCUT2D eigenvalue weighted by molar-refractivity contribution is 6.31. The maximum atomic E-state index is 14.3. The summed E-state index contributed by atoms with van der Waals surface area (Å²) in [6.07, 6.45) is -4.61. The third kappa shape index (κ3) is 5.61. The number of benzene rings is 2. The van der Waals surface area contributed by atoms with E-state index in [-0.39, 0.29) is 40.8 Å². The van der Waals surface area contributed by atoms with Crippen molar-refractivity contribution in [2.24, 2.45) is 0 Å².